The quantitative estimate of drug-likeness (QED) is 0.719. The number of piperidine rings is 1. The first kappa shape index (κ1) is 19.6. The standard InChI is InChI=1S/C20H34N2O4/c1-8-21-17(3,4)12-19(13-18(21,5)6)16(24)22(14(2)15(23)25-7)20(26-19)10-9-11-20/h14H,8-13H2,1-7H3. The smallest absolute Gasteiger partial charge is 0.328 e. The summed E-state index contributed by atoms with van der Waals surface area (Å²) in [4.78, 5) is 30.1. The van der Waals surface area contributed by atoms with Crippen LogP contribution in [0.15, 0.2) is 0 Å². The summed E-state index contributed by atoms with van der Waals surface area (Å²) in [6, 6.07) is -0.623. The normalized spacial score (nSPS) is 29.7. The van der Waals surface area contributed by atoms with Crippen molar-refractivity contribution in [3.8, 4) is 0 Å². The van der Waals surface area contributed by atoms with Gasteiger partial charge in [-0.05, 0) is 60.4 Å². The monoisotopic (exact) mass is 366 g/mol. The first-order chi connectivity index (χ1) is 11.9. The van der Waals surface area contributed by atoms with E-state index in [-0.39, 0.29) is 23.0 Å². The van der Waals surface area contributed by atoms with Crippen LogP contribution >= 0.6 is 0 Å². The summed E-state index contributed by atoms with van der Waals surface area (Å²) in [6.07, 6.45) is 3.88. The highest BCUT2D eigenvalue weighted by molar-refractivity contribution is 5.92. The Morgan fingerprint density at radius 2 is 1.73 bits per heavy atom. The molecule has 1 atom stereocenters. The van der Waals surface area contributed by atoms with Crippen molar-refractivity contribution in [3.63, 3.8) is 0 Å². The van der Waals surface area contributed by atoms with Gasteiger partial charge in [-0.3, -0.25) is 14.6 Å². The maximum Gasteiger partial charge on any atom is 0.328 e. The van der Waals surface area contributed by atoms with E-state index in [0.717, 1.165) is 25.8 Å². The van der Waals surface area contributed by atoms with E-state index in [1.54, 1.807) is 11.8 Å². The zero-order valence-corrected chi connectivity index (χ0v) is 17.3. The minimum atomic E-state index is -0.860. The van der Waals surface area contributed by atoms with Crippen molar-refractivity contribution in [2.45, 2.75) is 102 Å². The van der Waals surface area contributed by atoms with Crippen molar-refractivity contribution < 1.29 is 19.1 Å². The largest absolute Gasteiger partial charge is 0.467 e. The maximum absolute atomic E-state index is 13.7. The van der Waals surface area contributed by atoms with Crippen LogP contribution in [0.5, 0.6) is 0 Å². The summed E-state index contributed by atoms with van der Waals surface area (Å²) in [5, 5.41) is 0. The van der Waals surface area contributed by atoms with Crippen molar-refractivity contribution in [2.24, 2.45) is 0 Å². The zero-order chi connectivity index (χ0) is 19.5. The highest BCUT2D eigenvalue weighted by Crippen LogP contribution is 2.56. The zero-order valence-electron chi connectivity index (χ0n) is 17.3. The lowest BCUT2D eigenvalue weighted by Crippen LogP contribution is -2.67. The lowest BCUT2D eigenvalue weighted by molar-refractivity contribution is -0.223. The third-order valence-electron chi connectivity index (χ3n) is 6.71. The van der Waals surface area contributed by atoms with E-state index in [0.29, 0.717) is 12.8 Å². The van der Waals surface area contributed by atoms with Crippen LogP contribution in [0.3, 0.4) is 0 Å². The van der Waals surface area contributed by atoms with Gasteiger partial charge in [-0.15, -0.1) is 0 Å². The molecular weight excluding hydrogens is 332 g/mol. The topological polar surface area (TPSA) is 59.1 Å². The Morgan fingerprint density at radius 3 is 2.12 bits per heavy atom. The molecule has 6 heteroatoms. The van der Waals surface area contributed by atoms with Crippen LogP contribution in [-0.4, -0.2) is 63.8 Å². The average molecular weight is 367 g/mol. The number of nitrogens with zero attached hydrogens (tertiary/aromatic N) is 2. The molecule has 2 heterocycles. The second-order valence-corrected chi connectivity index (χ2v) is 9.49. The van der Waals surface area contributed by atoms with Crippen LogP contribution < -0.4 is 0 Å². The van der Waals surface area contributed by atoms with Crippen molar-refractivity contribution >= 4 is 11.9 Å². The van der Waals surface area contributed by atoms with Crippen molar-refractivity contribution in [3.05, 3.63) is 0 Å². The third kappa shape index (κ3) is 2.60. The number of carbonyl (C=O) groups is 2. The summed E-state index contributed by atoms with van der Waals surface area (Å²) in [5.41, 5.74) is -1.82. The van der Waals surface area contributed by atoms with Gasteiger partial charge in [-0.25, -0.2) is 4.79 Å². The number of ether oxygens (including phenoxy) is 2. The molecule has 2 aliphatic heterocycles. The van der Waals surface area contributed by atoms with Gasteiger partial charge in [0.05, 0.1) is 7.11 Å². The van der Waals surface area contributed by atoms with Gasteiger partial charge < -0.3 is 9.47 Å². The third-order valence-corrected chi connectivity index (χ3v) is 6.71. The molecule has 0 aromatic heterocycles. The lowest BCUT2D eigenvalue weighted by Gasteiger charge is -2.57. The van der Waals surface area contributed by atoms with Crippen LogP contribution in [0.25, 0.3) is 0 Å². The summed E-state index contributed by atoms with van der Waals surface area (Å²) < 4.78 is 11.6. The average Bonchev–Trinajstić information content (AvgIpc) is 2.72. The molecular formula is C20H34N2O4. The predicted octanol–water partition coefficient (Wildman–Crippen LogP) is 2.70. The molecule has 2 spiro atoms. The Bertz CT molecular complexity index is 591. The number of likely N-dealkylation sites (tertiary alicyclic amines) is 1. The molecule has 1 amide bonds. The van der Waals surface area contributed by atoms with E-state index in [1.807, 2.05) is 0 Å². The molecule has 3 fully saturated rings. The van der Waals surface area contributed by atoms with Crippen LogP contribution in [-0.2, 0) is 19.1 Å². The Balaban J connectivity index is 2.01. The van der Waals surface area contributed by atoms with Gasteiger partial charge in [0, 0.05) is 23.9 Å². The van der Waals surface area contributed by atoms with Gasteiger partial charge in [-0.2, -0.15) is 0 Å². The molecule has 6 nitrogen and oxygen atoms in total. The van der Waals surface area contributed by atoms with Gasteiger partial charge >= 0.3 is 5.97 Å². The second kappa shape index (κ2) is 5.93. The highest BCUT2D eigenvalue weighted by Gasteiger charge is 2.68. The molecule has 0 radical (unpaired) electrons. The highest BCUT2D eigenvalue weighted by atomic mass is 16.6. The van der Waals surface area contributed by atoms with Crippen molar-refractivity contribution in [2.75, 3.05) is 13.7 Å². The number of rotatable bonds is 3. The molecule has 0 N–H and O–H groups in total. The summed E-state index contributed by atoms with van der Waals surface area (Å²) in [6.45, 7) is 13.6. The number of amides is 1. The molecule has 0 aromatic rings. The SMILES string of the molecule is CCN1C(C)(C)CC2(CC1(C)C)OC1(CCC1)N(C(C)C(=O)OC)C2=O. The van der Waals surface area contributed by atoms with E-state index in [4.69, 9.17) is 9.47 Å². The first-order valence-corrected chi connectivity index (χ1v) is 9.84. The molecule has 1 saturated carbocycles. The van der Waals surface area contributed by atoms with E-state index in [9.17, 15) is 9.59 Å². The fourth-order valence-corrected chi connectivity index (χ4v) is 6.04. The van der Waals surface area contributed by atoms with Crippen LogP contribution in [0.1, 0.15) is 73.6 Å². The summed E-state index contributed by atoms with van der Waals surface area (Å²) in [5.74, 6) is -0.415. The number of carbonyl (C=O) groups excluding carboxylic acids is 2. The molecule has 2 saturated heterocycles. The van der Waals surface area contributed by atoms with Gasteiger partial charge in [0.15, 0.2) is 5.60 Å². The van der Waals surface area contributed by atoms with E-state index in [2.05, 4.69) is 39.5 Å². The minimum Gasteiger partial charge on any atom is -0.467 e. The van der Waals surface area contributed by atoms with Crippen molar-refractivity contribution in [1.29, 1.82) is 0 Å². The fraction of sp³-hybridized carbons (Fsp3) is 0.900. The molecule has 26 heavy (non-hydrogen) atoms. The number of methoxy groups -OCH3 is 1. The Morgan fingerprint density at radius 1 is 1.19 bits per heavy atom. The van der Waals surface area contributed by atoms with Gasteiger partial charge in [0.25, 0.3) is 5.91 Å². The molecule has 3 aliphatic rings. The van der Waals surface area contributed by atoms with Gasteiger partial charge in [0.1, 0.15) is 11.8 Å². The van der Waals surface area contributed by atoms with Gasteiger partial charge in [-0.1, -0.05) is 6.92 Å². The van der Waals surface area contributed by atoms with Crippen molar-refractivity contribution in [1.82, 2.24) is 9.80 Å². The van der Waals surface area contributed by atoms with Crippen LogP contribution in [0, 0.1) is 0 Å². The number of hydrogen-bond donors (Lipinski definition) is 0. The minimum absolute atomic E-state index is 0.0352. The molecule has 0 bridgehead atoms. The summed E-state index contributed by atoms with van der Waals surface area (Å²) in [7, 11) is 1.37. The Hall–Kier alpha value is -1.14. The van der Waals surface area contributed by atoms with E-state index in [1.165, 1.54) is 7.11 Å². The Kier molecular flexibility index (Phi) is 4.47. The van der Waals surface area contributed by atoms with E-state index < -0.39 is 17.4 Å². The molecule has 3 rings (SSSR count). The Labute approximate surface area is 157 Å². The van der Waals surface area contributed by atoms with Crippen LogP contribution in [0.2, 0.25) is 0 Å². The number of esters is 1. The maximum atomic E-state index is 13.7. The molecule has 0 aromatic carbocycles. The first-order valence-electron chi connectivity index (χ1n) is 9.84. The van der Waals surface area contributed by atoms with E-state index >= 15 is 0 Å². The predicted molar refractivity (Wildman–Crippen MR) is 98.5 cm³/mol. The fourth-order valence-electron chi connectivity index (χ4n) is 6.04. The second-order valence-electron chi connectivity index (χ2n) is 9.49. The molecule has 1 aliphatic carbocycles. The number of hydrogen-bond acceptors (Lipinski definition) is 5. The van der Waals surface area contributed by atoms with Gasteiger partial charge in [0.2, 0.25) is 0 Å². The molecule has 148 valence electrons. The molecule has 1 unspecified atom stereocenters. The lowest BCUT2D eigenvalue weighted by atomic mass is 9.70. The summed E-state index contributed by atoms with van der Waals surface area (Å²) >= 11 is 0. The van der Waals surface area contributed by atoms with Crippen LogP contribution in [0.4, 0.5) is 0 Å².